The minimum absolute atomic E-state index is 0.00889. The minimum atomic E-state index is -1.46. The topological polar surface area (TPSA) is 83.5 Å². The third-order valence-electron chi connectivity index (χ3n) is 4.74. The highest BCUT2D eigenvalue weighted by atomic mass is 32.3. The van der Waals surface area contributed by atoms with Gasteiger partial charge in [-0.2, -0.15) is 0 Å². The molecular formula is C19H26N4O4S. The summed E-state index contributed by atoms with van der Waals surface area (Å²) in [6, 6.07) is 7.16. The van der Waals surface area contributed by atoms with Crippen LogP contribution in [0.3, 0.4) is 0 Å². The van der Waals surface area contributed by atoms with Crippen molar-refractivity contribution in [1.82, 2.24) is 14.5 Å². The summed E-state index contributed by atoms with van der Waals surface area (Å²) >= 11 is 0. The molecule has 2 aliphatic rings. The molecule has 0 spiro atoms. The number of benzene rings is 1. The van der Waals surface area contributed by atoms with Gasteiger partial charge in [-0.05, 0) is 35.9 Å². The maximum absolute atomic E-state index is 12.5. The Hall–Kier alpha value is -2.52. The Morgan fingerprint density at radius 1 is 1.14 bits per heavy atom. The summed E-state index contributed by atoms with van der Waals surface area (Å²) in [5, 5.41) is 5.61. The van der Waals surface area contributed by atoms with Crippen LogP contribution >= 0.6 is 10.2 Å². The van der Waals surface area contributed by atoms with E-state index in [0.717, 1.165) is 18.8 Å². The second kappa shape index (κ2) is 8.66. The summed E-state index contributed by atoms with van der Waals surface area (Å²) < 4.78 is 13.0. The lowest BCUT2D eigenvalue weighted by Gasteiger charge is -2.46. The maximum Gasteiger partial charge on any atom is 0.260 e. The fourth-order valence-corrected chi connectivity index (χ4v) is 5.50. The van der Waals surface area contributed by atoms with Crippen LogP contribution in [-0.4, -0.2) is 72.3 Å². The number of carbonyl (C=O) groups excluding carboxylic acids is 2. The average molecular weight is 407 g/mol. The highest BCUT2D eigenvalue weighted by molar-refractivity contribution is 8.45. The number of carbonyl (C=O) groups is 2. The highest BCUT2D eigenvalue weighted by Crippen LogP contribution is 2.53. The lowest BCUT2D eigenvalue weighted by atomic mass is 10.3. The zero-order chi connectivity index (χ0) is 20.1. The number of hydrogen-bond acceptors (Lipinski definition) is 6. The Labute approximate surface area is 166 Å². The first-order valence-corrected chi connectivity index (χ1v) is 11.1. The Morgan fingerprint density at radius 2 is 1.79 bits per heavy atom. The number of aliphatic imine (C=N–C) groups is 1. The van der Waals surface area contributed by atoms with Crippen molar-refractivity contribution in [1.29, 1.82) is 0 Å². The van der Waals surface area contributed by atoms with Crippen molar-refractivity contribution < 1.29 is 19.1 Å². The molecule has 2 amide bonds. The molecule has 2 aliphatic heterocycles. The van der Waals surface area contributed by atoms with Gasteiger partial charge in [0, 0.05) is 39.3 Å². The number of nitrogens with one attached hydrogen (secondary N) is 1. The van der Waals surface area contributed by atoms with Gasteiger partial charge < -0.3 is 19.7 Å². The number of amidine groups is 1. The van der Waals surface area contributed by atoms with Crippen LogP contribution in [0.4, 0.5) is 0 Å². The molecule has 9 heteroatoms. The van der Waals surface area contributed by atoms with Gasteiger partial charge in [-0.15, -0.1) is 10.2 Å². The molecule has 3 rings (SSSR count). The van der Waals surface area contributed by atoms with Crippen molar-refractivity contribution in [3.05, 3.63) is 35.9 Å². The van der Waals surface area contributed by atoms with Crippen molar-refractivity contribution in [2.45, 2.75) is 6.92 Å². The van der Waals surface area contributed by atoms with Crippen molar-refractivity contribution in [3.8, 4) is 11.5 Å². The Bertz CT molecular complexity index is 788. The standard InChI is InChI=1S/C19H26N4O4S/c1-15(24)21-19-20-8-13-28(19,3)23-11-9-22(10-12-23)18(25)14-27-17-6-4-16(26-2)5-7-17/h4-8,13H,9-12,14H2,1-3H3,(H,20,21,24). The van der Waals surface area contributed by atoms with Crippen LogP contribution in [-0.2, 0) is 9.59 Å². The van der Waals surface area contributed by atoms with Gasteiger partial charge in [-0.25, -0.2) is 4.99 Å². The molecule has 0 aromatic heterocycles. The molecule has 152 valence electrons. The number of hydrogen-bond donors (Lipinski definition) is 1. The SMILES string of the molecule is COc1ccc(OCC(=O)N2CCN(S3(C)C=CN=C3NC(C)=O)CC2)cc1. The number of nitrogens with zero attached hydrogens (tertiary/aromatic N) is 3. The van der Waals surface area contributed by atoms with Crippen LogP contribution in [0.25, 0.3) is 0 Å². The van der Waals surface area contributed by atoms with Crippen molar-refractivity contribution in [3.63, 3.8) is 0 Å². The van der Waals surface area contributed by atoms with Gasteiger partial charge >= 0.3 is 0 Å². The second-order valence-electron chi connectivity index (χ2n) is 6.61. The van der Waals surface area contributed by atoms with Gasteiger partial charge in [0.2, 0.25) is 5.91 Å². The van der Waals surface area contributed by atoms with Crippen LogP contribution in [0.2, 0.25) is 0 Å². The second-order valence-corrected chi connectivity index (χ2v) is 9.66. The number of ether oxygens (including phenoxy) is 2. The lowest BCUT2D eigenvalue weighted by Crippen LogP contribution is -2.51. The highest BCUT2D eigenvalue weighted by Gasteiger charge is 2.35. The van der Waals surface area contributed by atoms with Crippen molar-refractivity contribution >= 4 is 27.2 Å². The van der Waals surface area contributed by atoms with Crippen molar-refractivity contribution in [2.24, 2.45) is 4.99 Å². The first kappa shape index (κ1) is 20.2. The van der Waals surface area contributed by atoms with Crippen LogP contribution in [0.15, 0.2) is 40.9 Å². The Kier molecular flexibility index (Phi) is 6.25. The zero-order valence-electron chi connectivity index (χ0n) is 16.4. The molecule has 1 aromatic carbocycles. The van der Waals surface area contributed by atoms with Gasteiger partial charge in [-0.1, -0.05) is 0 Å². The molecule has 1 saturated heterocycles. The van der Waals surface area contributed by atoms with Crippen LogP contribution in [0, 0.1) is 0 Å². The summed E-state index contributed by atoms with van der Waals surface area (Å²) in [5.74, 6) is 1.23. The van der Waals surface area contributed by atoms with E-state index < -0.39 is 10.2 Å². The molecule has 2 heterocycles. The fraction of sp³-hybridized carbons (Fsp3) is 0.421. The first-order valence-electron chi connectivity index (χ1n) is 9.02. The van der Waals surface area contributed by atoms with E-state index in [1.165, 1.54) is 6.92 Å². The third-order valence-corrected chi connectivity index (χ3v) is 7.82. The van der Waals surface area contributed by atoms with Crippen LogP contribution in [0.1, 0.15) is 6.92 Å². The summed E-state index contributed by atoms with van der Waals surface area (Å²) in [6.07, 6.45) is 3.86. The van der Waals surface area contributed by atoms with Crippen molar-refractivity contribution in [2.75, 3.05) is 46.2 Å². The smallest absolute Gasteiger partial charge is 0.260 e. The summed E-state index contributed by atoms with van der Waals surface area (Å²) in [6.45, 7) is 4.18. The van der Waals surface area contributed by atoms with Gasteiger partial charge in [0.15, 0.2) is 11.8 Å². The van der Waals surface area contributed by atoms with Crippen LogP contribution < -0.4 is 14.8 Å². The molecule has 1 aromatic rings. The van der Waals surface area contributed by atoms with E-state index in [1.807, 2.05) is 4.90 Å². The predicted octanol–water partition coefficient (Wildman–Crippen LogP) is 1.54. The molecular weight excluding hydrogens is 380 g/mol. The summed E-state index contributed by atoms with van der Waals surface area (Å²) in [5.41, 5.74) is 0. The molecule has 1 N–H and O–H groups in total. The molecule has 1 fully saturated rings. The molecule has 28 heavy (non-hydrogen) atoms. The number of piperazine rings is 1. The Balaban J connectivity index is 1.50. The monoisotopic (exact) mass is 406 g/mol. The van der Waals surface area contributed by atoms with E-state index >= 15 is 0 Å². The molecule has 0 aliphatic carbocycles. The van der Waals surface area contributed by atoms with Gasteiger partial charge in [0.25, 0.3) is 5.91 Å². The van der Waals surface area contributed by atoms with E-state index in [1.54, 1.807) is 37.6 Å². The molecule has 0 saturated carbocycles. The van der Waals surface area contributed by atoms with Gasteiger partial charge in [-0.3, -0.25) is 13.9 Å². The van der Waals surface area contributed by atoms with E-state index in [-0.39, 0.29) is 18.4 Å². The number of methoxy groups -OCH3 is 1. The largest absolute Gasteiger partial charge is 0.497 e. The normalized spacial score (nSPS) is 24.2. The predicted molar refractivity (Wildman–Crippen MR) is 111 cm³/mol. The third kappa shape index (κ3) is 4.48. The van der Waals surface area contributed by atoms with Gasteiger partial charge in [0.1, 0.15) is 11.5 Å². The average Bonchev–Trinajstić information content (AvgIpc) is 3.07. The molecule has 0 bridgehead atoms. The quantitative estimate of drug-likeness (QED) is 0.802. The van der Waals surface area contributed by atoms with E-state index in [2.05, 4.69) is 26.3 Å². The Morgan fingerprint density at radius 3 is 2.39 bits per heavy atom. The maximum atomic E-state index is 12.5. The van der Waals surface area contributed by atoms with E-state index in [0.29, 0.717) is 24.0 Å². The van der Waals surface area contributed by atoms with E-state index in [9.17, 15) is 9.59 Å². The molecule has 1 unspecified atom stereocenters. The van der Waals surface area contributed by atoms with Gasteiger partial charge in [0.05, 0.1) is 7.11 Å². The minimum Gasteiger partial charge on any atom is -0.497 e. The molecule has 8 nitrogen and oxygen atoms in total. The number of rotatable bonds is 5. The molecule has 0 radical (unpaired) electrons. The zero-order valence-corrected chi connectivity index (χ0v) is 17.2. The lowest BCUT2D eigenvalue weighted by molar-refractivity contribution is -0.134. The fourth-order valence-electron chi connectivity index (χ4n) is 3.11. The number of amides is 2. The summed E-state index contributed by atoms with van der Waals surface area (Å²) in [4.78, 5) is 30.1. The molecule has 1 atom stereocenters. The van der Waals surface area contributed by atoms with Crippen LogP contribution in [0.5, 0.6) is 11.5 Å². The van der Waals surface area contributed by atoms with E-state index in [4.69, 9.17) is 9.47 Å². The summed E-state index contributed by atoms with van der Waals surface area (Å²) in [7, 11) is 0.142. The first-order chi connectivity index (χ1) is 13.4.